The fourth-order valence-corrected chi connectivity index (χ4v) is 4.15. The molecule has 0 saturated carbocycles. The molecule has 0 fully saturated rings. The first-order valence-electron chi connectivity index (χ1n) is 8.52. The van der Waals surface area contributed by atoms with Crippen molar-refractivity contribution in [2.24, 2.45) is 5.10 Å². The Bertz CT molecular complexity index is 1050. The molecule has 2 rings (SSSR count). The van der Waals surface area contributed by atoms with Gasteiger partial charge in [0.15, 0.2) is 0 Å². The van der Waals surface area contributed by atoms with Gasteiger partial charge in [-0.25, -0.2) is 8.42 Å². The molecule has 0 aliphatic heterocycles. The van der Waals surface area contributed by atoms with Crippen LogP contribution in [0.5, 0.6) is 0 Å². The topological polar surface area (TPSA) is 148 Å². The second kappa shape index (κ2) is 9.21. The molecule has 0 radical (unpaired) electrons. The zero-order valence-electron chi connectivity index (χ0n) is 15.7. The number of non-ortho nitro benzene ring substituents is 2. The largest absolute Gasteiger partial charge is 0.277 e. The normalized spacial score (nSPS) is 11.7. The maximum Gasteiger partial charge on any atom is 0.270 e. The van der Waals surface area contributed by atoms with Crippen molar-refractivity contribution < 1.29 is 18.3 Å². The number of hydrazone groups is 1. The van der Waals surface area contributed by atoms with E-state index in [1.165, 1.54) is 34.8 Å². The van der Waals surface area contributed by atoms with Crippen molar-refractivity contribution in [3.63, 3.8) is 0 Å². The van der Waals surface area contributed by atoms with Gasteiger partial charge in [0.1, 0.15) is 4.90 Å². The summed E-state index contributed by atoms with van der Waals surface area (Å²) in [5.74, 6) is 0. The molecule has 0 aliphatic carbocycles. The van der Waals surface area contributed by atoms with Crippen molar-refractivity contribution >= 4 is 33.3 Å². The highest BCUT2D eigenvalue weighted by atomic mass is 32.2. The van der Waals surface area contributed by atoms with Crippen molar-refractivity contribution in [1.82, 2.24) is 4.31 Å². The molecule has 0 atom stereocenters. The van der Waals surface area contributed by atoms with Gasteiger partial charge in [-0.3, -0.25) is 25.7 Å². The molecule has 0 aromatic heterocycles. The van der Waals surface area contributed by atoms with E-state index in [0.717, 1.165) is 12.1 Å². The van der Waals surface area contributed by atoms with Crippen LogP contribution in [0.2, 0.25) is 0 Å². The van der Waals surface area contributed by atoms with E-state index < -0.39 is 19.9 Å². The number of nitrogens with zero attached hydrogens (tertiary/aromatic N) is 4. The highest BCUT2D eigenvalue weighted by molar-refractivity contribution is 7.89. The number of rotatable bonds is 9. The number of benzene rings is 2. The van der Waals surface area contributed by atoms with E-state index in [2.05, 4.69) is 10.5 Å². The van der Waals surface area contributed by atoms with Gasteiger partial charge >= 0.3 is 0 Å². The molecular weight excluding hydrogens is 402 g/mol. The van der Waals surface area contributed by atoms with Crippen LogP contribution in [-0.2, 0) is 10.0 Å². The third kappa shape index (κ3) is 5.12. The molecule has 12 heteroatoms. The van der Waals surface area contributed by atoms with E-state index in [9.17, 15) is 28.6 Å². The zero-order valence-corrected chi connectivity index (χ0v) is 16.5. The minimum absolute atomic E-state index is 0.0455. The number of nitro groups is 2. The molecule has 0 aliphatic rings. The van der Waals surface area contributed by atoms with Gasteiger partial charge in [-0.2, -0.15) is 9.41 Å². The maximum atomic E-state index is 12.9. The monoisotopic (exact) mass is 421 g/mol. The van der Waals surface area contributed by atoms with Gasteiger partial charge in [-0.1, -0.05) is 26.0 Å². The molecule has 0 heterocycles. The molecule has 0 saturated heterocycles. The van der Waals surface area contributed by atoms with Crippen molar-refractivity contribution in [2.75, 3.05) is 18.5 Å². The molecule has 0 unspecified atom stereocenters. The summed E-state index contributed by atoms with van der Waals surface area (Å²) < 4.78 is 26.9. The quantitative estimate of drug-likeness (QED) is 0.372. The second-order valence-corrected chi connectivity index (χ2v) is 7.66. The first-order valence-corrected chi connectivity index (χ1v) is 9.96. The van der Waals surface area contributed by atoms with Crippen LogP contribution in [-0.4, -0.2) is 41.9 Å². The summed E-state index contributed by atoms with van der Waals surface area (Å²) in [4.78, 5) is 20.4. The van der Waals surface area contributed by atoms with E-state index in [0.29, 0.717) is 5.56 Å². The first-order chi connectivity index (χ1) is 13.7. The van der Waals surface area contributed by atoms with E-state index in [-0.39, 0.29) is 35.0 Å². The average molecular weight is 421 g/mol. The van der Waals surface area contributed by atoms with Crippen LogP contribution in [0.1, 0.15) is 19.4 Å². The molecular formula is C17H19N5O6S. The Balaban J connectivity index is 2.41. The molecule has 1 N–H and O–H groups in total. The van der Waals surface area contributed by atoms with E-state index in [1.54, 1.807) is 19.9 Å². The molecule has 2 aromatic carbocycles. The molecule has 0 amide bonds. The Labute approximate surface area is 167 Å². The minimum atomic E-state index is -4.00. The SMILES string of the molecule is CCN(CC)S(=O)(=O)c1cc([N+](=O)[O-])ccc1NN=Cc1cccc([N+](=O)[O-])c1. The Kier molecular flexibility index (Phi) is 6.96. The molecule has 154 valence electrons. The zero-order chi connectivity index (χ0) is 21.6. The molecule has 29 heavy (non-hydrogen) atoms. The summed E-state index contributed by atoms with van der Waals surface area (Å²) in [5.41, 5.74) is 2.53. The Morgan fingerprint density at radius 2 is 1.66 bits per heavy atom. The first kappa shape index (κ1) is 21.9. The van der Waals surface area contributed by atoms with E-state index >= 15 is 0 Å². The lowest BCUT2D eigenvalue weighted by atomic mass is 10.2. The third-order valence-electron chi connectivity index (χ3n) is 3.98. The Hall–Kier alpha value is -3.38. The van der Waals surface area contributed by atoms with E-state index in [1.807, 2.05) is 0 Å². The van der Waals surface area contributed by atoms with Gasteiger partial charge < -0.3 is 0 Å². The molecule has 0 spiro atoms. The summed E-state index contributed by atoms with van der Waals surface area (Å²) in [7, 11) is -4.00. The number of sulfonamides is 1. The van der Waals surface area contributed by atoms with Crippen LogP contribution in [0.15, 0.2) is 52.5 Å². The second-order valence-electron chi connectivity index (χ2n) is 5.75. The van der Waals surface area contributed by atoms with Crippen molar-refractivity contribution in [3.05, 3.63) is 68.3 Å². The van der Waals surface area contributed by atoms with Gasteiger partial charge in [0.05, 0.1) is 21.7 Å². The number of hydrogen-bond donors (Lipinski definition) is 1. The van der Waals surface area contributed by atoms with Crippen molar-refractivity contribution in [1.29, 1.82) is 0 Å². The van der Waals surface area contributed by atoms with Gasteiger partial charge in [-0.05, 0) is 6.07 Å². The van der Waals surface area contributed by atoms with Crippen molar-refractivity contribution in [3.8, 4) is 0 Å². The van der Waals surface area contributed by atoms with Crippen LogP contribution in [0, 0.1) is 20.2 Å². The van der Waals surface area contributed by atoms with Crippen LogP contribution >= 0.6 is 0 Å². The van der Waals surface area contributed by atoms with Crippen LogP contribution in [0.3, 0.4) is 0 Å². The summed E-state index contributed by atoms with van der Waals surface area (Å²) >= 11 is 0. The van der Waals surface area contributed by atoms with E-state index in [4.69, 9.17) is 0 Å². The van der Waals surface area contributed by atoms with Gasteiger partial charge in [0.25, 0.3) is 11.4 Å². The average Bonchev–Trinajstić information content (AvgIpc) is 2.68. The summed E-state index contributed by atoms with van der Waals surface area (Å²) in [5, 5.41) is 25.8. The number of nitrogens with one attached hydrogen (secondary N) is 1. The molecule has 2 aromatic rings. The fraction of sp³-hybridized carbons (Fsp3) is 0.235. The lowest BCUT2D eigenvalue weighted by Crippen LogP contribution is -2.31. The standard InChI is InChI=1S/C17H19N5O6S/c1-3-20(4-2)29(27,28)17-11-15(22(25)26)8-9-16(17)19-18-12-13-6-5-7-14(10-13)21(23)24/h5-12,19H,3-4H2,1-2H3. The molecule has 11 nitrogen and oxygen atoms in total. The van der Waals surface area contributed by atoms with Crippen molar-refractivity contribution in [2.45, 2.75) is 18.7 Å². The highest BCUT2D eigenvalue weighted by Crippen LogP contribution is 2.29. The van der Waals surface area contributed by atoms with Gasteiger partial charge in [0.2, 0.25) is 10.0 Å². The predicted molar refractivity (Wildman–Crippen MR) is 108 cm³/mol. The number of hydrogen-bond acceptors (Lipinski definition) is 8. The van der Waals surface area contributed by atoms with Gasteiger partial charge in [0, 0.05) is 42.9 Å². The number of anilines is 1. The molecule has 0 bridgehead atoms. The Morgan fingerprint density at radius 1 is 1.03 bits per heavy atom. The van der Waals surface area contributed by atoms with Crippen LogP contribution in [0.25, 0.3) is 0 Å². The summed E-state index contributed by atoms with van der Waals surface area (Å²) in [6.07, 6.45) is 1.28. The van der Waals surface area contributed by atoms with Crippen LogP contribution in [0.4, 0.5) is 17.1 Å². The highest BCUT2D eigenvalue weighted by Gasteiger charge is 2.27. The lowest BCUT2D eigenvalue weighted by molar-refractivity contribution is -0.385. The fourth-order valence-electron chi connectivity index (χ4n) is 2.53. The minimum Gasteiger partial charge on any atom is -0.277 e. The Morgan fingerprint density at radius 3 is 2.24 bits per heavy atom. The smallest absolute Gasteiger partial charge is 0.270 e. The van der Waals surface area contributed by atoms with Gasteiger partial charge in [-0.15, -0.1) is 0 Å². The van der Waals surface area contributed by atoms with Crippen LogP contribution < -0.4 is 5.43 Å². The summed E-state index contributed by atoms with van der Waals surface area (Å²) in [6, 6.07) is 9.08. The maximum absolute atomic E-state index is 12.9. The predicted octanol–water partition coefficient (Wildman–Crippen LogP) is 2.98. The third-order valence-corrected chi connectivity index (χ3v) is 6.07. The summed E-state index contributed by atoms with van der Waals surface area (Å²) in [6.45, 7) is 3.70. The number of nitro benzene ring substituents is 2. The lowest BCUT2D eigenvalue weighted by Gasteiger charge is -2.20.